The normalized spacial score (nSPS) is 11.8. The third-order valence-corrected chi connectivity index (χ3v) is 3.99. The average Bonchev–Trinajstić information content (AvgIpc) is 2.85. The summed E-state index contributed by atoms with van der Waals surface area (Å²) in [6.45, 7) is 8.75. The van der Waals surface area contributed by atoms with Gasteiger partial charge in [0.25, 0.3) is 0 Å². The van der Waals surface area contributed by atoms with E-state index in [0.29, 0.717) is 0 Å². The van der Waals surface area contributed by atoms with Crippen molar-refractivity contribution < 1.29 is 18.7 Å². The largest absolute Gasteiger partial charge is 0.455 e. The number of halogens is 1. The number of hydrogen-bond donors (Lipinski definition) is 0. The number of Topliss-reactive ketones (excluding diaryl/α,β-unsaturated/α-hetero) is 1. The number of aryl methyl sites for hydroxylation is 1. The summed E-state index contributed by atoms with van der Waals surface area (Å²) < 4.78 is 19.8. The molecule has 0 fully saturated rings. The molecule has 0 amide bonds. The van der Waals surface area contributed by atoms with Crippen LogP contribution in [0.4, 0.5) is 4.39 Å². The van der Waals surface area contributed by atoms with Crippen LogP contribution in [0.5, 0.6) is 0 Å². The maximum absolute atomic E-state index is 13.1. The number of ether oxygens (including phenoxy) is 1. The fraction of sp³-hybridized carbons (Fsp3) is 0.350. The van der Waals surface area contributed by atoms with Gasteiger partial charge in [0.2, 0.25) is 0 Å². The first-order valence-corrected chi connectivity index (χ1v) is 8.30. The van der Waals surface area contributed by atoms with Gasteiger partial charge in [-0.05, 0) is 44.2 Å². The van der Waals surface area contributed by atoms with Gasteiger partial charge in [0.1, 0.15) is 5.82 Å². The van der Waals surface area contributed by atoms with Gasteiger partial charge < -0.3 is 4.74 Å². The summed E-state index contributed by atoms with van der Waals surface area (Å²) in [4.78, 5) is 23.6. The van der Waals surface area contributed by atoms with E-state index in [4.69, 9.17) is 4.74 Å². The lowest BCUT2D eigenvalue weighted by atomic mass is 9.91. The molecular formula is C20H23FN2O3. The van der Waals surface area contributed by atoms with Gasteiger partial charge in [-0.25, -0.2) is 13.9 Å². The Hall–Kier alpha value is -2.76. The van der Waals surface area contributed by atoms with E-state index in [9.17, 15) is 14.0 Å². The third-order valence-electron chi connectivity index (χ3n) is 3.99. The highest BCUT2D eigenvalue weighted by atomic mass is 19.1. The molecule has 0 spiro atoms. The van der Waals surface area contributed by atoms with E-state index >= 15 is 0 Å². The number of hydrogen-bond acceptors (Lipinski definition) is 4. The Morgan fingerprint density at radius 3 is 2.38 bits per heavy atom. The van der Waals surface area contributed by atoms with Gasteiger partial charge in [0.05, 0.1) is 11.4 Å². The second kappa shape index (κ2) is 7.64. The molecule has 0 aliphatic rings. The molecule has 1 heterocycles. The van der Waals surface area contributed by atoms with Crippen LogP contribution in [0.3, 0.4) is 0 Å². The van der Waals surface area contributed by atoms with Crippen LogP contribution in [0.25, 0.3) is 11.8 Å². The predicted molar refractivity (Wildman–Crippen MR) is 97.5 cm³/mol. The van der Waals surface area contributed by atoms with E-state index < -0.39 is 11.4 Å². The lowest BCUT2D eigenvalue weighted by molar-refractivity contribution is -0.145. The minimum atomic E-state index is -0.587. The van der Waals surface area contributed by atoms with Crippen molar-refractivity contribution in [3.05, 3.63) is 53.1 Å². The summed E-state index contributed by atoms with van der Waals surface area (Å²) in [5, 5.41) is 4.43. The van der Waals surface area contributed by atoms with Crippen LogP contribution in [0, 0.1) is 25.1 Å². The fourth-order valence-electron chi connectivity index (χ4n) is 2.28. The Morgan fingerprint density at radius 1 is 1.19 bits per heavy atom. The molecule has 0 aliphatic carbocycles. The van der Waals surface area contributed by atoms with E-state index in [1.165, 1.54) is 18.2 Å². The minimum absolute atomic E-state index is 0.143. The summed E-state index contributed by atoms with van der Waals surface area (Å²) >= 11 is 0. The zero-order valence-corrected chi connectivity index (χ0v) is 15.7. The Balaban J connectivity index is 2.12. The number of rotatable bonds is 5. The zero-order valence-electron chi connectivity index (χ0n) is 15.7. The predicted octanol–water partition coefficient (Wildman–Crippen LogP) is 3.80. The van der Waals surface area contributed by atoms with Crippen LogP contribution in [0.2, 0.25) is 0 Å². The Bertz CT molecular complexity index is 843. The molecule has 0 N–H and O–H groups in total. The minimum Gasteiger partial charge on any atom is -0.455 e. The average molecular weight is 358 g/mol. The summed E-state index contributed by atoms with van der Waals surface area (Å²) in [7, 11) is 0. The number of nitrogens with zero attached hydrogens (tertiary/aromatic N) is 2. The molecule has 1 aromatic carbocycles. The molecule has 0 aliphatic heterocycles. The highest BCUT2D eigenvalue weighted by Crippen LogP contribution is 2.20. The molecule has 5 nitrogen and oxygen atoms in total. The van der Waals surface area contributed by atoms with E-state index in [1.807, 2.05) is 13.8 Å². The van der Waals surface area contributed by atoms with Gasteiger partial charge in [-0.3, -0.25) is 4.79 Å². The van der Waals surface area contributed by atoms with Crippen molar-refractivity contribution >= 4 is 17.8 Å². The Kier molecular flexibility index (Phi) is 5.75. The van der Waals surface area contributed by atoms with Gasteiger partial charge in [-0.15, -0.1) is 0 Å². The van der Waals surface area contributed by atoms with Crippen molar-refractivity contribution in [1.82, 2.24) is 9.78 Å². The molecule has 0 unspecified atom stereocenters. The maximum atomic E-state index is 13.1. The van der Waals surface area contributed by atoms with Crippen molar-refractivity contribution in [2.24, 2.45) is 5.41 Å². The van der Waals surface area contributed by atoms with Crippen LogP contribution < -0.4 is 0 Å². The summed E-state index contributed by atoms with van der Waals surface area (Å²) in [6.07, 6.45) is 2.89. The van der Waals surface area contributed by atoms with Crippen molar-refractivity contribution in [3.63, 3.8) is 0 Å². The number of esters is 1. The lowest BCUT2D eigenvalue weighted by Crippen LogP contribution is -2.25. The van der Waals surface area contributed by atoms with Gasteiger partial charge in [-0.1, -0.05) is 20.8 Å². The molecule has 0 radical (unpaired) electrons. The molecule has 6 heteroatoms. The van der Waals surface area contributed by atoms with Crippen LogP contribution in [-0.4, -0.2) is 28.1 Å². The van der Waals surface area contributed by atoms with Gasteiger partial charge >= 0.3 is 5.97 Å². The van der Waals surface area contributed by atoms with Crippen molar-refractivity contribution in [2.75, 3.05) is 6.61 Å². The standard InChI is InChI=1S/C20H23FN2O3/c1-13-17(10-11-19(25)26-12-18(24)20(3,4)5)14(2)23(22-13)16-8-6-15(21)7-9-16/h6-11H,12H2,1-5H3/b11-10+. The van der Waals surface area contributed by atoms with Crippen molar-refractivity contribution in [3.8, 4) is 5.69 Å². The number of carbonyl (C=O) groups excluding carboxylic acids is 2. The molecular weight excluding hydrogens is 335 g/mol. The molecule has 0 atom stereocenters. The topological polar surface area (TPSA) is 61.2 Å². The molecule has 0 bridgehead atoms. The second-order valence-corrected chi connectivity index (χ2v) is 7.09. The second-order valence-electron chi connectivity index (χ2n) is 7.09. The van der Waals surface area contributed by atoms with Crippen LogP contribution in [0.1, 0.15) is 37.7 Å². The molecule has 0 saturated heterocycles. The number of benzene rings is 1. The first-order chi connectivity index (χ1) is 12.1. The molecule has 138 valence electrons. The highest BCUT2D eigenvalue weighted by molar-refractivity contribution is 5.91. The summed E-state index contributed by atoms with van der Waals surface area (Å²) in [5.74, 6) is -1.05. The van der Waals surface area contributed by atoms with Crippen molar-refractivity contribution in [1.29, 1.82) is 0 Å². The van der Waals surface area contributed by atoms with Crippen LogP contribution in [-0.2, 0) is 14.3 Å². The molecule has 0 saturated carbocycles. The first kappa shape index (κ1) is 19.6. The molecule has 26 heavy (non-hydrogen) atoms. The summed E-state index contributed by atoms with van der Waals surface area (Å²) in [5.41, 5.74) is 2.48. The number of aromatic nitrogens is 2. The van der Waals surface area contributed by atoms with E-state index in [1.54, 1.807) is 43.7 Å². The van der Waals surface area contributed by atoms with Crippen LogP contribution in [0.15, 0.2) is 30.3 Å². The van der Waals surface area contributed by atoms with Crippen LogP contribution >= 0.6 is 0 Å². The smallest absolute Gasteiger partial charge is 0.331 e. The van der Waals surface area contributed by atoms with E-state index in [-0.39, 0.29) is 18.2 Å². The van der Waals surface area contributed by atoms with E-state index in [2.05, 4.69) is 5.10 Å². The van der Waals surface area contributed by atoms with E-state index in [0.717, 1.165) is 22.6 Å². The fourth-order valence-corrected chi connectivity index (χ4v) is 2.28. The quantitative estimate of drug-likeness (QED) is 0.602. The number of carbonyl (C=O) groups is 2. The lowest BCUT2D eigenvalue weighted by Gasteiger charge is -2.15. The number of ketones is 1. The molecule has 2 aromatic rings. The maximum Gasteiger partial charge on any atom is 0.331 e. The van der Waals surface area contributed by atoms with Gasteiger partial charge in [0.15, 0.2) is 12.4 Å². The Morgan fingerprint density at radius 2 is 1.81 bits per heavy atom. The zero-order chi connectivity index (χ0) is 19.5. The SMILES string of the molecule is Cc1nn(-c2ccc(F)cc2)c(C)c1/C=C/C(=O)OCC(=O)C(C)(C)C. The van der Waals surface area contributed by atoms with Gasteiger partial charge in [-0.2, -0.15) is 5.10 Å². The monoisotopic (exact) mass is 358 g/mol. The highest BCUT2D eigenvalue weighted by Gasteiger charge is 2.22. The molecule has 1 aromatic heterocycles. The van der Waals surface area contributed by atoms with Gasteiger partial charge in [0, 0.05) is 22.7 Å². The summed E-state index contributed by atoms with van der Waals surface area (Å²) in [6, 6.07) is 6.00. The first-order valence-electron chi connectivity index (χ1n) is 8.30. The van der Waals surface area contributed by atoms with Crippen molar-refractivity contribution in [2.45, 2.75) is 34.6 Å². The molecule has 2 rings (SSSR count). The Labute approximate surface area is 152 Å². The third kappa shape index (κ3) is 4.65.